The van der Waals surface area contributed by atoms with E-state index in [1.165, 1.54) is 16.0 Å². The van der Waals surface area contributed by atoms with Gasteiger partial charge in [0.05, 0.1) is 0 Å². The molecule has 2 atom stereocenters. The first kappa shape index (κ1) is 21.9. The lowest BCUT2D eigenvalue weighted by Gasteiger charge is -2.31. The minimum Gasteiger partial charge on any atom is -0.490 e. The average Bonchev–Trinajstić information content (AvgIpc) is 3.26. The molecule has 0 spiro atoms. The predicted molar refractivity (Wildman–Crippen MR) is 119 cm³/mol. The van der Waals surface area contributed by atoms with Crippen molar-refractivity contribution in [1.29, 1.82) is 0 Å². The predicted octanol–water partition coefficient (Wildman–Crippen LogP) is 0.652. The summed E-state index contributed by atoms with van der Waals surface area (Å²) in [6.07, 6.45) is 0.627. The van der Waals surface area contributed by atoms with Crippen molar-refractivity contribution in [3.63, 3.8) is 0 Å². The fourth-order valence-electron chi connectivity index (χ4n) is 4.49. The van der Waals surface area contributed by atoms with Crippen molar-refractivity contribution in [2.75, 3.05) is 46.1 Å². The molecule has 31 heavy (non-hydrogen) atoms. The van der Waals surface area contributed by atoms with E-state index < -0.39 is 6.10 Å². The number of fused-ring (bicyclic) bond motifs is 1. The minimum absolute atomic E-state index is 0.322. The Hall–Kier alpha value is -2.28. The molecule has 6 heteroatoms. The summed E-state index contributed by atoms with van der Waals surface area (Å²) in [6, 6.07) is 14.4. The molecule has 3 N–H and O–H groups in total. The first-order valence-electron chi connectivity index (χ1n) is 11.6. The second-order valence-electron chi connectivity index (χ2n) is 8.88. The SMILES string of the molecule is CC[C@H](C)c1ccccc1OC[C@H](O)C[NH+]1CC[NH+](Cc2ccc3c(c2)OCO3)CC1. The van der Waals surface area contributed by atoms with E-state index in [4.69, 9.17) is 14.2 Å². The summed E-state index contributed by atoms with van der Waals surface area (Å²) in [5, 5.41) is 10.6. The summed E-state index contributed by atoms with van der Waals surface area (Å²) >= 11 is 0. The molecule has 2 aliphatic rings. The molecule has 2 aromatic carbocycles. The van der Waals surface area contributed by atoms with Gasteiger partial charge in [0.25, 0.3) is 0 Å². The number of rotatable bonds is 9. The number of nitrogens with one attached hydrogen (secondary N) is 2. The molecular weight excluding hydrogens is 392 g/mol. The van der Waals surface area contributed by atoms with Gasteiger partial charge in [-0.1, -0.05) is 32.0 Å². The van der Waals surface area contributed by atoms with Crippen LogP contribution in [0.15, 0.2) is 42.5 Å². The Morgan fingerprint density at radius 1 is 1.00 bits per heavy atom. The van der Waals surface area contributed by atoms with Crippen LogP contribution < -0.4 is 24.0 Å². The van der Waals surface area contributed by atoms with Crippen molar-refractivity contribution in [2.45, 2.75) is 38.8 Å². The molecule has 168 valence electrons. The van der Waals surface area contributed by atoms with Gasteiger partial charge in [0.1, 0.15) is 57.7 Å². The largest absolute Gasteiger partial charge is 0.490 e. The molecule has 2 aromatic rings. The van der Waals surface area contributed by atoms with Crippen molar-refractivity contribution in [2.24, 2.45) is 0 Å². The number of hydrogen-bond acceptors (Lipinski definition) is 4. The zero-order valence-electron chi connectivity index (χ0n) is 18.7. The maximum Gasteiger partial charge on any atom is 0.231 e. The van der Waals surface area contributed by atoms with Crippen LogP contribution >= 0.6 is 0 Å². The molecule has 0 saturated carbocycles. The molecule has 0 bridgehead atoms. The molecule has 4 rings (SSSR count). The van der Waals surface area contributed by atoms with Crippen LogP contribution in [0.2, 0.25) is 0 Å². The molecule has 0 radical (unpaired) electrons. The quantitative estimate of drug-likeness (QED) is 0.549. The van der Waals surface area contributed by atoms with Crippen LogP contribution in [0.5, 0.6) is 17.2 Å². The Labute approximate surface area is 185 Å². The van der Waals surface area contributed by atoms with Gasteiger partial charge in [-0.25, -0.2) is 0 Å². The van der Waals surface area contributed by atoms with Crippen LogP contribution in [0.1, 0.15) is 37.3 Å². The maximum atomic E-state index is 10.6. The topological polar surface area (TPSA) is 56.8 Å². The standard InChI is InChI=1S/C25H34N2O4/c1-3-19(2)22-6-4-5-7-23(22)29-17-21(28)16-27-12-10-26(11-13-27)15-20-8-9-24-25(14-20)31-18-30-24/h4-9,14,19,21,28H,3,10-13,15-18H2,1-2H3/p+2/t19-,21+/m0/s1. The lowest BCUT2D eigenvalue weighted by atomic mass is 9.98. The Morgan fingerprint density at radius 3 is 2.55 bits per heavy atom. The second-order valence-corrected chi connectivity index (χ2v) is 8.88. The van der Waals surface area contributed by atoms with Gasteiger partial charge < -0.3 is 29.1 Å². The molecule has 0 amide bonds. The van der Waals surface area contributed by atoms with Crippen LogP contribution in [0.3, 0.4) is 0 Å². The molecule has 1 fully saturated rings. The Bertz CT molecular complexity index is 851. The third kappa shape index (κ3) is 5.70. The van der Waals surface area contributed by atoms with E-state index in [1.54, 1.807) is 4.90 Å². The average molecular weight is 429 g/mol. The second kappa shape index (κ2) is 10.4. The van der Waals surface area contributed by atoms with Gasteiger partial charge >= 0.3 is 0 Å². The molecule has 0 aromatic heterocycles. The molecule has 1 saturated heterocycles. The summed E-state index contributed by atoms with van der Waals surface area (Å²) in [5.74, 6) is 3.07. The summed E-state index contributed by atoms with van der Waals surface area (Å²) in [6.45, 7) is 11.2. The number of benzene rings is 2. The van der Waals surface area contributed by atoms with E-state index in [2.05, 4.69) is 38.1 Å². The van der Waals surface area contributed by atoms with Crippen LogP contribution in [0.4, 0.5) is 0 Å². The van der Waals surface area contributed by atoms with Crippen molar-refractivity contribution in [3.05, 3.63) is 53.6 Å². The monoisotopic (exact) mass is 428 g/mol. The third-order valence-corrected chi connectivity index (χ3v) is 6.57. The van der Waals surface area contributed by atoms with Gasteiger partial charge in [0.2, 0.25) is 6.79 Å². The Kier molecular flexibility index (Phi) is 7.33. The van der Waals surface area contributed by atoms with Gasteiger partial charge in [-0.3, -0.25) is 0 Å². The summed E-state index contributed by atoms with van der Waals surface area (Å²) in [5.41, 5.74) is 2.52. The van der Waals surface area contributed by atoms with Gasteiger partial charge in [0, 0.05) is 5.56 Å². The lowest BCUT2D eigenvalue weighted by molar-refractivity contribution is -1.02. The first-order chi connectivity index (χ1) is 15.1. The summed E-state index contributed by atoms with van der Waals surface area (Å²) in [7, 11) is 0. The van der Waals surface area contributed by atoms with Gasteiger partial charge in [-0.15, -0.1) is 0 Å². The van der Waals surface area contributed by atoms with Crippen molar-refractivity contribution >= 4 is 0 Å². The molecule has 2 heterocycles. The number of para-hydroxylation sites is 1. The molecule has 6 nitrogen and oxygen atoms in total. The van der Waals surface area contributed by atoms with E-state index in [0.29, 0.717) is 19.3 Å². The molecular formula is C25H36N2O4+2. The highest BCUT2D eigenvalue weighted by molar-refractivity contribution is 5.44. The van der Waals surface area contributed by atoms with E-state index in [9.17, 15) is 5.11 Å². The molecule has 2 aliphatic heterocycles. The van der Waals surface area contributed by atoms with Gasteiger partial charge in [-0.05, 0) is 42.2 Å². The maximum absolute atomic E-state index is 10.6. The molecule has 0 unspecified atom stereocenters. The lowest BCUT2D eigenvalue weighted by Crippen LogP contribution is -3.28. The highest BCUT2D eigenvalue weighted by Crippen LogP contribution is 2.32. The van der Waals surface area contributed by atoms with Gasteiger partial charge in [-0.2, -0.15) is 0 Å². The number of quaternary nitrogens is 2. The van der Waals surface area contributed by atoms with Crippen LogP contribution in [0.25, 0.3) is 0 Å². The zero-order chi connectivity index (χ0) is 21.6. The van der Waals surface area contributed by atoms with Crippen LogP contribution in [0, 0.1) is 0 Å². The smallest absolute Gasteiger partial charge is 0.231 e. The van der Waals surface area contributed by atoms with Crippen molar-refractivity contribution in [1.82, 2.24) is 0 Å². The van der Waals surface area contributed by atoms with E-state index in [1.807, 2.05) is 18.2 Å². The highest BCUT2D eigenvalue weighted by atomic mass is 16.7. The van der Waals surface area contributed by atoms with Crippen molar-refractivity contribution < 1.29 is 29.1 Å². The van der Waals surface area contributed by atoms with Crippen molar-refractivity contribution in [3.8, 4) is 17.2 Å². The minimum atomic E-state index is -0.449. The third-order valence-electron chi connectivity index (χ3n) is 6.57. The summed E-state index contributed by atoms with van der Waals surface area (Å²) in [4.78, 5) is 3.04. The number of aliphatic hydroxyl groups excluding tert-OH is 1. The first-order valence-corrected chi connectivity index (χ1v) is 11.6. The number of piperazine rings is 1. The van der Waals surface area contributed by atoms with E-state index in [-0.39, 0.29) is 0 Å². The fourth-order valence-corrected chi connectivity index (χ4v) is 4.49. The highest BCUT2D eigenvalue weighted by Gasteiger charge is 2.26. The van der Waals surface area contributed by atoms with Crippen LogP contribution in [-0.2, 0) is 6.54 Å². The zero-order valence-corrected chi connectivity index (χ0v) is 18.7. The van der Waals surface area contributed by atoms with E-state index in [0.717, 1.165) is 62.9 Å². The summed E-state index contributed by atoms with van der Waals surface area (Å²) < 4.78 is 16.9. The number of hydrogen-bond donors (Lipinski definition) is 3. The molecule has 0 aliphatic carbocycles. The van der Waals surface area contributed by atoms with Crippen LogP contribution in [-0.4, -0.2) is 57.3 Å². The van der Waals surface area contributed by atoms with Gasteiger partial charge in [0.15, 0.2) is 11.5 Å². The van der Waals surface area contributed by atoms with E-state index >= 15 is 0 Å². The number of ether oxygens (including phenoxy) is 3. The number of aliphatic hydroxyl groups is 1. The Morgan fingerprint density at radius 2 is 1.74 bits per heavy atom. The normalized spacial score (nSPS) is 22.2. The fraction of sp³-hybridized carbons (Fsp3) is 0.520. The Balaban J connectivity index is 1.20.